The molecule has 0 aliphatic heterocycles. The van der Waals surface area contributed by atoms with E-state index < -0.39 is 0 Å². The van der Waals surface area contributed by atoms with Crippen LogP contribution in [0.2, 0.25) is 0 Å². The van der Waals surface area contributed by atoms with Crippen molar-refractivity contribution in [3.05, 3.63) is 65.0 Å². The van der Waals surface area contributed by atoms with Gasteiger partial charge in [-0.2, -0.15) is 5.10 Å². The average molecular weight is 380 g/mol. The van der Waals surface area contributed by atoms with Crippen LogP contribution in [0.3, 0.4) is 0 Å². The maximum atomic E-state index is 5.93. The lowest BCUT2D eigenvalue weighted by atomic mass is 10.1. The van der Waals surface area contributed by atoms with Crippen molar-refractivity contribution in [1.82, 2.24) is 4.98 Å². The van der Waals surface area contributed by atoms with Gasteiger partial charge in [-0.25, -0.2) is 4.98 Å². The summed E-state index contributed by atoms with van der Waals surface area (Å²) in [5.74, 6) is 0.867. The number of aromatic nitrogens is 1. The fourth-order valence-electron chi connectivity index (χ4n) is 2.66. The summed E-state index contributed by atoms with van der Waals surface area (Å²) in [6, 6.07) is 16.3. The minimum atomic E-state index is 0.734. The molecule has 4 nitrogen and oxygen atoms in total. The number of nitrogens with one attached hydrogen (secondary N) is 1. The molecule has 0 amide bonds. The van der Waals surface area contributed by atoms with Gasteiger partial charge in [0.15, 0.2) is 0 Å². The lowest BCUT2D eigenvalue weighted by Gasteiger charge is -2.09. The first kappa shape index (κ1) is 19.1. The summed E-state index contributed by atoms with van der Waals surface area (Å²) in [5, 5.41) is 7.15. The molecule has 0 saturated heterocycles. The van der Waals surface area contributed by atoms with Gasteiger partial charge in [0.1, 0.15) is 5.75 Å². The van der Waals surface area contributed by atoms with Crippen LogP contribution >= 0.6 is 11.3 Å². The quantitative estimate of drug-likeness (QED) is 0.276. The van der Waals surface area contributed by atoms with Crippen molar-refractivity contribution in [3.8, 4) is 17.0 Å². The number of thiazole rings is 1. The van der Waals surface area contributed by atoms with E-state index in [1.807, 2.05) is 29.6 Å². The van der Waals surface area contributed by atoms with Gasteiger partial charge in [0.2, 0.25) is 5.13 Å². The number of anilines is 1. The van der Waals surface area contributed by atoms with Crippen LogP contribution in [0.1, 0.15) is 37.3 Å². The Morgan fingerprint density at radius 2 is 2.00 bits per heavy atom. The van der Waals surface area contributed by atoms with Gasteiger partial charge in [0.25, 0.3) is 0 Å². The van der Waals surface area contributed by atoms with Crippen LogP contribution in [-0.4, -0.2) is 17.8 Å². The van der Waals surface area contributed by atoms with Crippen molar-refractivity contribution in [1.29, 1.82) is 0 Å². The zero-order chi connectivity index (χ0) is 18.9. The topological polar surface area (TPSA) is 46.5 Å². The molecule has 3 aromatic rings. The van der Waals surface area contributed by atoms with E-state index in [9.17, 15) is 0 Å². The summed E-state index contributed by atoms with van der Waals surface area (Å²) < 4.78 is 5.93. The Kier molecular flexibility index (Phi) is 6.99. The number of rotatable bonds is 9. The molecule has 3 rings (SSSR count). The van der Waals surface area contributed by atoms with E-state index >= 15 is 0 Å². The Hall–Kier alpha value is -2.66. The third kappa shape index (κ3) is 5.66. The lowest BCUT2D eigenvalue weighted by Crippen LogP contribution is -2.01. The minimum Gasteiger partial charge on any atom is -0.493 e. The van der Waals surface area contributed by atoms with Crippen molar-refractivity contribution in [2.45, 2.75) is 33.1 Å². The van der Waals surface area contributed by atoms with E-state index in [1.54, 1.807) is 6.21 Å². The second kappa shape index (κ2) is 9.88. The van der Waals surface area contributed by atoms with E-state index in [-0.39, 0.29) is 0 Å². The molecule has 0 saturated carbocycles. The van der Waals surface area contributed by atoms with Crippen LogP contribution in [-0.2, 0) is 0 Å². The smallest absolute Gasteiger partial charge is 0.203 e. The second-order valence-electron chi connectivity index (χ2n) is 6.37. The molecule has 140 valence electrons. The van der Waals surface area contributed by atoms with Crippen LogP contribution in [0.25, 0.3) is 11.3 Å². The standard InChI is InChI=1S/C22H25N3OS/c1-3-4-8-13-26-21-12-11-17(2)14-19(21)15-23-25-22-24-20(16-27-22)18-9-6-5-7-10-18/h5-7,9-12,14-16H,3-4,8,13H2,1-2H3,(H,24,25). The van der Waals surface area contributed by atoms with Crippen LogP contribution in [0.4, 0.5) is 5.13 Å². The molecule has 0 spiro atoms. The van der Waals surface area contributed by atoms with Crippen LogP contribution in [0.15, 0.2) is 59.0 Å². The van der Waals surface area contributed by atoms with Gasteiger partial charge in [-0.3, -0.25) is 5.43 Å². The van der Waals surface area contributed by atoms with Crippen molar-refractivity contribution in [2.24, 2.45) is 5.10 Å². The molecule has 27 heavy (non-hydrogen) atoms. The molecule has 1 N–H and O–H groups in total. The van der Waals surface area contributed by atoms with Crippen LogP contribution < -0.4 is 10.2 Å². The first-order valence-corrected chi connectivity index (χ1v) is 10.2. The van der Waals surface area contributed by atoms with Crippen LogP contribution in [0, 0.1) is 6.92 Å². The largest absolute Gasteiger partial charge is 0.493 e. The summed E-state index contributed by atoms with van der Waals surface area (Å²) in [5.41, 5.74) is 7.23. The number of hydrogen-bond donors (Lipinski definition) is 1. The van der Waals surface area contributed by atoms with Gasteiger partial charge < -0.3 is 4.74 Å². The van der Waals surface area contributed by atoms with Gasteiger partial charge in [-0.1, -0.05) is 61.7 Å². The van der Waals surface area contributed by atoms with E-state index in [1.165, 1.54) is 29.7 Å². The Morgan fingerprint density at radius 3 is 2.81 bits per heavy atom. The number of benzene rings is 2. The van der Waals surface area contributed by atoms with E-state index in [0.717, 1.165) is 40.7 Å². The number of hydrazone groups is 1. The SMILES string of the molecule is CCCCCOc1ccc(C)cc1C=NNc1nc(-c2ccccc2)cs1. The summed E-state index contributed by atoms with van der Waals surface area (Å²) in [6.45, 7) is 4.99. The third-order valence-electron chi connectivity index (χ3n) is 4.11. The number of ether oxygens (including phenoxy) is 1. The molecule has 0 atom stereocenters. The lowest BCUT2D eigenvalue weighted by molar-refractivity contribution is 0.306. The summed E-state index contributed by atoms with van der Waals surface area (Å²) >= 11 is 1.54. The average Bonchev–Trinajstić information content (AvgIpc) is 3.16. The highest BCUT2D eigenvalue weighted by molar-refractivity contribution is 7.14. The molecule has 0 fully saturated rings. The second-order valence-corrected chi connectivity index (χ2v) is 7.23. The van der Waals surface area contributed by atoms with E-state index in [4.69, 9.17) is 4.74 Å². The first-order valence-electron chi connectivity index (χ1n) is 9.29. The molecule has 5 heteroatoms. The molecule has 0 unspecified atom stereocenters. The molecule has 1 aromatic heterocycles. The van der Waals surface area contributed by atoms with Gasteiger partial charge >= 0.3 is 0 Å². The molecule has 2 aromatic carbocycles. The Morgan fingerprint density at radius 1 is 1.15 bits per heavy atom. The fraction of sp³-hybridized carbons (Fsp3) is 0.273. The molecular weight excluding hydrogens is 354 g/mol. The maximum absolute atomic E-state index is 5.93. The highest BCUT2D eigenvalue weighted by atomic mass is 32.1. The van der Waals surface area contributed by atoms with Crippen LogP contribution in [0.5, 0.6) is 5.75 Å². The number of hydrogen-bond acceptors (Lipinski definition) is 5. The molecule has 1 heterocycles. The van der Waals surface area contributed by atoms with Crippen molar-refractivity contribution >= 4 is 22.7 Å². The van der Waals surface area contributed by atoms with Crippen molar-refractivity contribution in [3.63, 3.8) is 0 Å². The predicted molar refractivity (Wildman–Crippen MR) is 115 cm³/mol. The summed E-state index contributed by atoms with van der Waals surface area (Å²) in [4.78, 5) is 4.58. The van der Waals surface area contributed by atoms with Gasteiger partial charge in [-0.05, 0) is 25.5 Å². The number of nitrogens with zero attached hydrogens (tertiary/aromatic N) is 2. The molecule has 0 aliphatic carbocycles. The maximum Gasteiger partial charge on any atom is 0.203 e. The zero-order valence-corrected chi connectivity index (χ0v) is 16.6. The molecule has 0 bridgehead atoms. The van der Waals surface area contributed by atoms with Crippen molar-refractivity contribution < 1.29 is 4.74 Å². The normalized spacial score (nSPS) is 11.0. The number of unbranched alkanes of at least 4 members (excludes halogenated alkanes) is 2. The number of aryl methyl sites for hydroxylation is 1. The van der Waals surface area contributed by atoms with Gasteiger partial charge in [0, 0.05) is 16.5 Å². The van der Waals surface area contributed by atoms with E-state index in [0.29, 0.717) is 0 Å². The monoisotopic (exact) mass is 379 g/mol. The predicted octanol–water partition coefficient (Wildman–Crippen LogP) is 6.13. The van der Waals surface area contributed by atoms with E-state index in [2.05, 4.69) is 53.6 Å². The van der Waals surface area contributed by atoms with Gasteiger partial charge in [-0.15, -0.1) is 11.3 Å². The van der Waals surface area contributed by atoms with Gasteiger partial charge in [0.05, 0.1) is 18.5 Å². The molecule has 0 aliphatic rings. The first-order chi connectivity index (χ1) is 13.3. The Labute approximate surface area is 164 Å². The Balaban J connectivity index is 1.64. The third-order valence-corrected chi connectivity index (χ3v) is 4.86. The fourth-order valence-corrected chi connectivity index (χ4v) is 3.33. The summed E-state index contributed by atoms with van der Waals surface area (Å²) in [6.07, 6.45) is 5.24. The van der Waals surface area contributed by atoms with Crippen molar-refractivity contribution in [2.75, 3.05) is 12.0 Å². The molecular formula is C22H25N3OS. The highest BCUT2D eigenvalue weighted by Crippen LogP contribution is 2.24. The highest BCUT2D eigenvalue weighted by Gasteiger charge is 2.04. The minimum absolute atomic E-state index is 0.734. The zero-order valence-electron chi connectivity index (χ0n) is 15.8. The molecule has 0 radical (unpaired) electrons. The summed E-state index contributed by atoms with van der Waals surface area (Å²) in [7, 11) is 0. The Bertz CT molecular complexity index is 874.